The topological polar surface area (TPSA) is 96.8 Å². The molecule has 0 spiro atoms. The predicted molar refractivity (Wildman–Crippen MR) is 115 cm³/mol. The minimum absolute atomic E-state index is 0.00918. The highest BCUT2D eigenvalue weighted by atomic mass is 35.5. The van der Waals surface area contributed by atoms with E-state index in [0.29, 0.717) is 36.0 Å². The summed E-state index contributed by atoms with van der Waals surface area (Å²) >= 11 is 6.27. The molecule has 3 aromatic rings. The third-order valence-electron chi connectivity index (χ3n) is 5.57. The fourth-order valence-corrected chi connectivity index (χ4v) is 4.08. The third-order valence-corrected chi connectivity index (χ3v) is 5.94. The Kier molecular flexibility index (Phi) is 6.13. The number of piperidine rings is 1. The highest BCUT2D eigenvalue weighted by Gasteiger charge is 2.27. The molecule has 1 aliphatic rings. The predicted octanol–water partition coefficient (Wildman–Crippen LogP) is 3.11. The molecule has 158 valence electrons. The van der Waals surface area contributed by atoms with Crippen molar-refractivity contribution in [1.29, 1.82) is 0 Å². The summed E-state index contributed by atoms with van der Waals surface area (Å²) < 4.78 is 1.60. The number of hydrogen-bond donors (Lipinski definition) is 1. The van der Waals surface area contributed by atoms with Gasteiger partial charge in [0, 0.05) is 30.5 Å². The Bertz CT molecular complexity index is 1110. The van der Waals surface area contributed by atoms with Crippen molar-refractivity contribution < 1.29 is 4.79 Å². The summed E-state index contributed by atoms with van der Waals surface area (Å²) in [6, 6.07) is 7.49. The summed E-state index contributed by atoms with van der Waals surface area (Å²) in [6.45, 7) is 3.79. The van der Waals surface area contributed by atoms with Gasteiger partial charge in [0.05, 0.1) is 6.54 Å². The van der Waals surface area contributed by atoms with Gasteiger partial charge < -0.3 is 9.88 Å². The van der Waals surface area contributed by atoms with Crippen LogP contribution in [0.15, 0.2) is 29.1 Å². The second-order valence-corrected chi connectivity index (χ2v) is 8.15. The zero-order valence-corrected chi connectivity index (χ0v) is 17.7. The van der Waals surface area contributed by atoms with E-state index in [-0.39, 0.29) is 22.9 Å². The van der Waals surface area contributed by atoms with Crippen molar-refractivity contribution in [2.45, 2.75) is 51.5 Å². The summed E-state index contributed by atoms with van der Waals surface area (Å²) in [5, 5.41) is 8.75. The molecular formula is C21H25ClN6O2. The minimum atomic E-state index is -0.310. The molecule has 1 saturated heterocycles. The Morgan fingerprint density at radius 1 is 1.33 bits per heavy atom. The molecule has 0 bridgehead atoms. The smallest absolute Gasteiger partial charge is 0.281 e. The van der Waals surface area contributed by atoms with Crippen LogP contribution in [0.2, 0.25) is 5.02 Å². The van der Waals surface area contributed by atoms with Gasteiger partial charge in [0.15, 0.2) is 11.2 Å². The van der Waals surface area contributed by atoms with Crippen LogP contribution in [0, 0.1) is 0 Å². The van der Waals surface area contributed by atoms with Crippen LogP contribution >= 0.6 is 11.6 Å². The van der Waals surface area contributed by atoms with E-state index in [9.17, 15) is 9.59 Å². The highest BCUT2D eigenvalue weighted by Crippen LogP contribution is 2.25. The second-order valence-electron chi connectivity index (χ2n) is 7.74. The summed E-state index contributed by atoms with van der Waals surface area (Å²) in [5.41, 5.74) is 1.20. The SMILES string of the molecule is CCCCC(=O)N1CCC[C@@H](c2nc3c(nnn3Cc3ccccc3Cl)c(=O)[nH]2)C1. The van der Waals surface area contributed by atoms with Crippen LogP contribution in [0.4, 0.5) is 0 Å². The molecule has 1 amide bonds. The molecule has 1 N–H and O–H groups in total. The summed E-state index contributed by atoms with van der Waals surface area (Å²) in [4.78, 5) is 34.5. The van der Waals surface area contributed by atoms with Gasteiger partial charge in [0.1, 0.15) is 5.82 Å². The van der Waals surface area contributed by atoms with Crippen molar-refractivity contribution in [3.05, 3.63) is 51.0 Å². The molecule has 1 atom stereocenters. The normalized spacial score (nSPS) is 16.9. The molecule has 0 saturated carbocycles. The number of rotatable bonds is 6. The highest BCUT2D eigenvalue weighted by molar-refractivity contribution is 6.31. The first-order valence-electron chi connectivity index (χ1n) is 10.4. The van der Waals surface area contributed by atoms with Crippen LogP contribution in [-0.4, -0.2) is 48.9 Å². The number of unbranched alkanes of at least 4 members (excludes halogenated alkanes) is 1. The number of nitrogens with one attached hydrogen (secondary N) is 1. The quantitative estimate of drug-likeness (QED) is 0.650. The van der Waals surface area contributed by atoms with E-state index < -0.39 is 0 Å². The van der Waals surface area contributed by atoms with Crippen LogP contribution in [-0.2, 0) is 11.3 Å². The van der Waals surface area contributed by atoms with Gasteiger partial charge in [0.2, 0.25) is 5.91 Å². The van der Waals surface area contributed by atoms with Crippen molar-refractivity contribution >= 4 is 28.7 Å². The van der Waals surface area contributed by atoms with Crippen LogP contribution in [0.1, 0.15) is 56.3 Å². The first-order chi connectivity index (χ1) is 14.6. The zero-order valence-electron chi connectivity index (χ0n) is 17.0. The maximum absolute atomic E-state index is 12.6. The van der Waals surface area contributed by atoms with E-state index in [2.05, 4.69) is 22.2 Å². The molecule has 8 nitrogen and oxygen atoms in total. The molecule has 0 aliphatic carbocycles. The lowest BCUT2D eigenvalue weighted by molar-refractivity contribution is -0.132. The van der Waals surface area contributed by atoms with Crippen LogP contribution < -0.4 is 5.56 Å². The maximum Gasteiger partial charge on any atom is 0.281 e. The molecule has 4 rings (SSSR count). The van der Waals surface area contributed by atoms with E-state index in [1.54, 1.807) is 4.68 Å². The third kappa shape index (κ3) is 4.23. The summed E-state index contributed by atoms with van der Waals surface area (Å²) in [7, 11) is 0. The molecule has 1 fully saturated rings. The summed E-state index contributed by atoms with van der Waals surface area (Å²) in [5.74, 6) is 0.753. The van der Waals surface area contributed by atoms with E-state index in [1.165, 1.54) is 0 Å². The van der Waals surface area contributed by atoms with Crippen molar-refractivity contribution in [2.24, 2.45) is 0 Å². The Morgan fingerprint density at radius 3 is 2.97 bits per heavy atom. The lowest BCUT2D eigenvalue weighted by atomic mass is 9.96. The number of nitrogens with zero attached hydrogens (tertiary/aromatic N) is 5. The summed E-state index contributed by atoms with van der Waals surface area (Å²) in [6.07, 6.45) is 4.23. The maximum atomic E-state index is 12.6. The fraction of sp³-hybridized carbons (Fsp3) is 0.476. The first kappa shape index (κ1) is 20.5. The van der Waals surface area contributed by atoms with E-state index >= 15 is 0 Å². The van der Waals surface area contributed by atoms with Gasteiger partial charge in [-0.1, -0.05) is 48.4 Å². The van der Waals surface area contributed by atoms with E-state index in [0.717, 1.165) is 37.8 Å². The Morgan fingerprint density at radius 2 is 2.17 bits per heavy atom. The van der Waals surface area contributed by atoms with E-state index in [4.69, 9.17) is 16.6 Å². The number of H-pyrrole nitrogens is 1. The zero-order chi connectivity index (χ0) is 21.1. The number of hydrogen-bond acceptors (Lipinski definition) is 5. The number of halogens is 1. The van der Waals surface area contributed by atoms with Gasteiger partial charge in [0.25, 0.3) is 5.56 Å². The number of fused-ring (bicyclic) bond motifs is 1. The van der Waals surface area contributed by atoms with Crippen molar-refractivity contribution in [2.75, 3.05) is 13.1 Å². The average molecular weight is 429 g/mol. The number of aromatic nitrogens is 5. The van der Waals surface area contributed by atoms with Gasteiger partial charge in [-0.05, 0) is 30.9 Å². The molecule has 1 aliphatic heterocycles. The van der Waals surface area contributed by atoms with Crippen molar-refractivity contribution in [3.8, 4) is 0 Å². The molecule has 1 aromatic carbocycles. The number of likely N-dealkylation sites (tertiary alicyclic amines) is 1. The van der Waals surface area contributed by atoms with Gasteiger partial charge in [-0.15, -0.1) is 5.10 Å². The number of carbonyl (C=O) groups is 1. The fourth-order valence-electron chi connectivity index (χ4n) is 3.88. The van der Waals surface area contributed by atoms with Gasteiger partial charge >= 0.3 is 0 Å². The number of benzene rings is 1. The van der Waals surface area contributed by atoms with Gasteiger partial charge in [-0.3, -0.25) is 9.59 Å². The van der Waals surface area contributed by atoms with E-state index in [1.807, 2.05) is 29.2 Å². The molecular weight excluding hydrogens is 404 g/mol. The molecule has 0 radical (unpaired) electrons. The molecule has 3 heterocycles. The van der Waals surface area contributed by atoms with Gasteiger partial charge in [-0.25, -0.2) is 9.67 Å². The van der Waals surface area contributed by atoms with Crippen molar-refractivity contribution in [1.82, 2.24) is 29.9 Å². The first-order valence-corrected chi connectivity index (χ1v) is 10.8. The number of carbonyl (C=O) groups excluding carboxylic acids is 1. The Labute approximate surface area is 179 Å². The molecule has 30 heavy (non-hydrogen) atoms. The van der Waals surface area contributed by atoms with Crippen LogP contribution in [0.5, 0.6) is 0 Å². The Hall–Kier alpha value is -2.74. The number of aromatic amines is 1. The monoisotopic (exact) mass is 428 g/mol. The lowest BCUT2D eigenvalue weighted by Gasteiger charge is -2.32. The largest absolute Gasteiger partial charge is 0.342 e. The minimum Gasteiger partial charge on any atom is -0.342 e. The molecule has 0 unspecified atom stereocenters. The Balaban J connectivity index is 1.61. The second kappa shape index (κ2) is 8.95. The lowest BCUT2D eigenvalue weighted by Crippen LogP contribution is -2.39. The van der Waals surface area contributed by atoms with Gasteiger partial charge in [-0.2, -0.15) is 0 Å². The average Bonchev–Trinajstić information content (AvgIpc) is 3.17. The molecule has 2 aromatic heterocycles. The number of amides is 1. The van der Waals surface area contributed by atoms with Crippen LogP contribution in [0.25, 0.3) is 11.2 Å². The van der Waals surface area contributed by atoms with Crippen LogP contribution in [0.3, 0.4) is 0 Å². The molecule has 9 heteroatoms. The van der Waals surface area contributed by atoms with Crippen molar-refractivity contribution in [3.63, 3.8) is 0 Å². The standard InChI is InChI=1S/C21H25ClN6O2/c1-2-3-10-17(29)27-11-6-8-15(12-27)19-23-20-18(21(30)24-19)25-26-28(20)13-14-7-4-5-9-16(14)22/h4-5,7,9,15H,2-3,6,8,10-13H2,1H3,(H,23,24,30)/t15-/m1/s1.